The summed E-state index contributed by atoms with van der Waals surface area (Å²) < 4.78 is 4.95. The Kier molecular flexibility index (Phi) is 8.65. The van der Waals surface area contributed by atoms with Gasteiger partial charge in [-0.15, -0.1) is 0 Å². The fourth-order valence-electron chi connectivity index (χ4n) is 4.88. The first-order valence-corrected chi connectivity index (χ1v) is 13.3. The van der Waals surface area contributed by atoms with Crippen molar-refractivity contribution in [3.8, 4) is 0 Å². The number of carbonyl (C=O) groups is 5. The van der Waals surface area contributed by atoms with Gasteiger partial charge in [0.05, 0.1) is 6.61 Å². The maximum atomic E-state index is 13.6. The van der Waals surface area contributed by atoms with E-state index in [1.807, 2.05) is 30.3 Å². The van der Waals surface area contributed by atoms with E-state index in [4.69, 9.17) is 4.74 Å². The molecule has 3 heterocycles. The average Bonchev–Trinajstić information content (AvgIpc) is 3.62. The van der Waals surface area contributed by atoms with Crippen molar-refractivity contribution >= 4 is 29.5 Å². The van der Waals surface area contributed by atoms with E-state index in [-0.39, 0.29) is 30.2 Å². The van der Waals surface area contributed by atoms with Crippen molar-refractivity contribution in [2.75, 3.05) is 19.7 Å². The van der Waals surface area contributed by atoms with Crippen LogP contribution >= 0.6 is 0 Å². The third-order valence-electron chi connectivity index (χ3n) is 7.21. The Morgan fingerprint density at radius 2 is 1.79 bits per heavy atom. The third kappa shape index (κ3) is 6.89. The maximum absolute atomic E-state index is 13.6. The molecule has 0 aromatic heterocycles. The highest BCUT2D eigenvalue weighted by molar-refractivity contribution is 5.99. The molecular weight excluding hydrogens is 490 g/mol. The fraction of sp³-hybridized carbons (Fsp3) is 0.593. The SMILES string of the molecule is CC1(C)NC(=O)[C@H](CCCCNC(=O)C2CO2)NC(=O)[C@H]2CCCN2C(=O)[C@H](Cc2ccccc2)NC1=O. The summed E-state index contributed by atoms with van der Waals surface area (Å²) in [5.74, 6) is -1.78. The molecule has 0 aliphatic carbocycles. The molecule has 11 nitrogen and oxygen atoms in total. The minimum Gasteiger partial charge on any atom is -0.363 e. The van der Waals surface area contributed by atoms with Crippen LogP contribution in [-0.4, -0.2) is 83.9 Å². The second-order valence-electron chi connectivity index (χ2n) is 10.7. The van der Waals surface area contributed by atoms with E-state index in [2.05, 4.69) is 21.3 Å². The second kappa shape index (κ2) is 11.9. The second-order valence-corrected chi connectivity index (χ2v) is 10.7. The van der Waals surface area contributed by atoms with Crippen molar-refractivity contribution in [1.82, 2.24) is 26.2 Å². The van der Waals surface area contributed by atoms with Gasteiger partial charge in [-0.25, -0.2) is 0 Å². The molecule has 4 atom stereocenters. The number of hydrogen-bond acceptors (Lipinski definition) is 6. The number of amides is 5. The highest BCUT2D eigenvalue weighted by atomic mass is 16.6. The molecule has 1 unspecified atom stereocenters. The van der Waals surface area contributed by atoms with Gasteiger partial charge in [0, 0.05) is 19.5 Å². The summed E-state index contributed by atoms with van der Waals surface area (Å²) >= 11 is 0. The zero-order valence-electron chi connectivity index (χ0n) is 22.0. The average molecular weight is 528 g/mol. The number of rotatable bonds is 8. The molecule has 11 heteroatoms. The van der Waals surface area contributed by atoms with Gasteiger partial charge in [-0.2, -0.15) is 0 Å². The smallest absolute Gasteiger partial charge is 0.251 e. The lowest BCUT2D eigenvalue weighted by Crippen LogP contribution is -2.64. The van der Waals surface area contributed by atoms with E-state index >= 15 is 0 Å². The maximum Gasteiger partial charge on any atom is 0.251 e. The summed E-state index contributed by atoms with van der Waals surface area (Å²) in [4.78, 5) is 66.8. The minimum absolute atomic E-state index is 0.147. The molecule has 5 amide bonds. The molecule has 3 saturated heterocycles. The summed E-state index contributed by atoms with van der Waals surface area (Å²) in [5.41, 5.74) is -0.446. The van der Waals surface area contributed by atoms with Crippen LogP contribution in [0.15, 0.2) is 30.3 Å². The van der Waals surface area contributed by atoms with Gasteiger partial charge in [0.1, 0.15) is 23.7 Å². The van der Waals surface area contributed by atoms with Gasteiger partial charge in [0.25, 0.3) is 5.91 Å². The molecule has 1 aromatic rings. The van der Waals surface area contributed by atoms with Crippen LogP contribution in [-0.2, 0) is 35.1 Å². The van der Waals surface area contributed by atoms with Crippen LogP contribution in [0.5, 0.6) is 0 Å². The number of nitrogens with one attached hydrogen (secondary N) is 4. The molecule has 3 aliphatic rings. The molecule has 0 saturated carbocycles. The first kappa shape index (κ1) is 27.6. The van der Waals surface area contributed by atoms with Crippen LogP contribution in [0.2, 0.25) is 0 Å². The standard InChI is InChI=1S/C27H37N5O6/c1-27(2)26(37)30-19(15-17-9-4-3-5-10-17)25(36)32-14-8-12-20(32)23(34)29-18(22(33)31-27)11-6-7-13-28-24(35)21-16-38-21/h3-5,9-10,18-21H,6-8,11-16H2,1-2H3,(H,28,35)(H,29,34)(H,30,37)(H,31,33)/t18-,19-,20+,21?/m0/s1. The van der Waals surface area contributed by atoms with Gasteiger partial charge >= 0.3 is 0 Å². The fourth-order valence-corrected chi connectivity index (χ4v) is 4.88. The first-order chi connectivity index (χ1) is 18.2. The topological polar surface area (TPSA) is 149 Å². The van der Waals surface area contributed by atoms with Crippen molar-refractivity contribution < 1.29 is 28.7 Å². The van der Waals surface area contributed by atoms with E-state index in [0.717, 1.165) is 5.56 Å². The van der Waals surface area contributed by atoms with Crippen LogP contribution in [0.4, 0.5) is 0 Å². The first-order valence-electron chi connectivity index (χ1n) is 13.3. The molecule has 1 aromatic carbocycles. The van der Waals surface area contributed by atoms with E-state index in [1.165, 1.54) is 4.90 Å². The Hall–Kier alpha value is -3.47. The highest BCUT2D eigenvalue weighted by Gasteiger charge is 2.42. The summed E-state index contributed by atoms with van der Waals surface area (Å²) in [6.07, 6.45) is 2.54. The normalized spacial score (nSPS) is 27.3. The molecule has 0 spiro atoms. The summed E-state index contributed by atoms with van der Waals surface area (Å²) in [7, 11) is 0. The van der Waals surface area contributed by atoms with E-state index in [1.54, 1.807) is 13.8 Å². The van der Waals surface area contributed by atoms with E-state index in [0.29, 0.717) is 51.8 Å². The summed E-state index contributed by atoms with van der Waals surface area (Å²) in [6.45, 7) is 4.43. The highest BCUT2D eigenvalue weighted by Crippen LogP contribution is 2.21. The Morgan fingerprint density at radius 3 is 2.50 bits per heavy atom. The van der Waals surface area contributed by atoms with Crippen molar-refractivity contribution in [3.63, 3.8) is 0 Å². The number of fused-ring (bicyclic) bond motifs is 1. The monoisotopic (exact) mass is 527 g/mol. The molecule has 3 fully saturated rings. The van der Waals surface area contributed by atoms with Gasteiger partial charge in [0.15, 0.2) is 6.10 Å². The molecule has 3 aliphatic heterocycles. The quantitative estimate of drug-likeness (QED) is 0.271. The van der Waals surface area contributed by atoms with E-state index in [9.17, 15) is 24.0 Å². The van der Waals surface area contributed by atoms with Crippen molar-refractivity contribution in [2.24, 2.45) is 0 Å². The Labute approximate surface area is 222 Å². The Balaban J connectivity index is 1.48. The zero-order chi connectivity index (χ0) is 27.3. The van der Waals surface area contributed by atoms with E-state index < -0.39 is 35.5 Å². The number of ether oxygens (including phenoxy) is 1. The largest absolute Gasteiger partial charge is 0.363 e. The molecule has 38 heavy (non-hydrogen) atoms. The number of unbranched alkanes of at least 4 members (excludes halogenated alkanes) is 1. The Bertz CT molecular complexity index is 1060. The predicted octanol–water partition coefficient (Wildman–Crippen LogP) is -0.217. The number of benzene rings is 1. The lowest BCUT2D eigenvalue weighted by Gasteiger charge is -2.34. The third-order valence-corrected chi connectivity index (χ3v) is 7.21. The summed E-state index contributed by atoms with van der Waals surface area (Å²) in [6, 6.07) is 6.90. The van der Waals surface area contributed by atoms with Crippen LogP contribution in [0, 0.1) is 0 Å². The van der Waals surface area contributed by atoms with Gasteiger partial charge in [-0.1, -0.05) is 30.3 Å². The molecular formula is C27H37N5O6. The van der Waals surface area contributed by atoms with Crippen molar-refractivity contribution in [2.45, 2.75) is 82.1 Å². The molecule has 0 bridgehead atoms. The molecule has 0 radical (unpaired) electrons. The van der Waals surface area contributed by atoms with Gasteiger partial charge in [-0.05, 0) is 51.5 Å². The number of nitrogens with zero attached hydrogens (tertiary/aromatic N) is 1. The van der Waals surface area contributed by atoms with Crippen molar-refractivity contribution in [3.05, 3.63) is 35.9 Å². The van der Waals surface area contributed by atoms with Crippen molar-refractivity contribution in [1.29, 1.82) is 0 Å². The number of hydrogen-bond donors (Lipinski definition) is 4. The van der Waals surface area contributed by atoms with Gasteiger partial charge in [-0.3, -0.25) is 24.0 Å². The Morgan fingerprint density at radius 1 is 1.05 bits per heavy atom. The lowest BCUT2D eigenvalue weighted by molar-refractivity contribution is -0.144. The van der Waals surface area contributed by atoms with Crippen LogP contribution in [0.3, 0.4) is 0 Å². The molecule has 4 rings (SSSR count). The number of epoxide rings is 1. The summed E-state index contributed by atoms with van der Waals surface area (Å²) in [5, 5.41) is 11.2. The number of carbonyl (C=O) groups excluding carboxylic acids is 5. The van der Waals surface area contributed by atoms with Crippen LogP contribution in [0.25, 0.3) is 0 Å². The zero-order valence-corrected chi connectivity index (χ0v) is 22.0. The molecule has 4 N–H and O–H groups in total. The molecule has 206 valence electrons. The lowest BCUT2D eigenvalue weighted by atomic mass is 9.98. The van der Waals surface area contributed by atoms with Gasteiger partial charge < -0.3 is 30.9 Å². The van der Waals surface area contributed by atoms with Crippen LogP contribution in [0.1, 0.15) is 51.5 Å². The predicted molar refractivity (Wildman–Crippen MR) is 138 cm³/mol. The minimum atomic E-state index is -1.32. The van der Waals surface area contributed by atoms with Gasteiger partial charge in [0.2, 0.25) is 23.6 Å². The van der Waals surface area contributed by atoms with Crippen LogP contribution < -0.4 is 21.3 Å².